The SMILES string of the molecule is CNc1nc(C)nc(NCc2ccc(C(C)C)cc2)c1C. The van der Waals surface area contributed by atoms with Gasteiger partial charge in [-0.25, -0.2) is 9.97 Å². The highest BCUT2D eigenvalue weighted by atomic mass is 15.1. The molecule has 0 atom stereocenters. The van der Waals surface area contributed by atoms with Crippen LogP contribution in [0.1, 0.15) is 42.3 Å². The summed E-state index contributed by atoms with van der Waals surface area (Å²) in [6.45, 7) is 9.11. The molecule has 0 amide bonds. The van der Waals surface area contributed by atoms with Crippen LogP contribution in [0.3, 0.4) is 0 Å². The molecule has 2 aromatic rings. The molecule has 2 N–H and O–H groups in total. The third-order valence-corrected chi connectivity index (χ3v) is 3.60. The van der Waals surface area contributed by atoms with E-state index in [0.29, 0.717) is 5.92 Å². The molecule has 1 aromatic heterocycles. The van der Waals surface area contributed by atoms with Gasteiger partial charge in [0.1, 0.15) is 17.5 Å². The van der Waals surface area contributed by atoms with E-state index in [0.717, 1.165) is 29.6 Å². The van der Waals surface area contributed by atoms with Gasteiger partial charge < -0.3 is 10.6 Å². The molecule has 0 aliphatic heterocycles. The van der Waals surface area contributed by atoms with Crippen molar-refractivity contribution in [1.29, 1.82) is 0 Å². The van der Waals surface area contributed by atoms with E-state index in [2.05, 4.69) is 58.7 Å². The molecule has 4 heteroatoms. The van der Waals surface area contributed by atoms with Crippen molar-refractivity contribution < 1.29 is 0 Å². The predicted octanol–water partition coefficient (Wildman–Crippen LogP) is 3.87. The number of hydrogen-bond donors (Lipinski definition) is 2. The second kappa shape index (κ2) is 6.57. The first kappa shape index (κ1) is 15.3. The summed E-state index contributed by atoms with van der Waals surface area (Å²) < 4.78 is 0. The van der Waals surface area contributed by atoms with Crippen molar-refractivity contribution in [1.82, 2.24) is 9.97 Å². The monoisotopic (exact) mass is 284 g/mol. The van der Waals surface area contributed by atoms with Crippen molar-refractivity contribution in [3.8, 4) is 0 Å². The molecule has 0 saturated heterocycles. The van der Waals surface area contributed by atoms with E-state index in [-0.39, 0.29) is 0 Å². The van der Waals surface area contributed by atoms with Crippen molar-refractivity contribution in [2.24, 2.45) is 0 Å². The summed E-state index contributed by atoms with van der Waals surface area (Å²) in [4.78, 5) is 8.86. The number of rotatable bonds is 5. The van der Waals surface area contributed by atoms with Crippen molar-refractivity contribution in [3.63, 3.8) is 0 Å². The maximum Gasteiger partial charge on any atom is 0.135 e. The normalized spacial score (nSPS) is 10.8. The lowest BCUT2D eigenvalue weighted by Crippen LogP contribution is -2.08. The Labute approximate surface area is 127 Å². The van der Waals surface area contributed by atoms with Crippen LogP contribution in [-0.4, -0.2) is 17.0 Å². The van der Waals surface area contributed by atoms with Crippen LogP contribution in [0.15, 0.2) is 24.3 Å². The van der Waals surface area contributed by atoms with Crippen LogP contribution in [0.5, 0.6) is 0 Å². The largest absolute Gasteiger partial charge is 0.373 e. The standard InChI is InChI=1S/C17H24N4/c1-11(2)15-8-6-14(7-9-15)10-19-17-12(3)16(18-5)20-13(4)21-17/h6-9,11H,10H2,1-5H3,(H2,18,19,20,21). The van der Waals surface area contributed by atoms with Crippen LogP contribution < -0.4 is 10.6 Å². The molecule has 0 fully saturated rings. The fraction of sp³-hybridized carbons (Fsp3) is 0.412. The van der Waals surface area contributed by atoms with Gasteiger partial charge in [0.25, 0.3) is 0 Å². The Morgan fingerprint density at radius 1 is 1.00 bits per heavy atom. The summed E-state index contributed by atoms with van der Waals surface area (Å²) in [5.41, 5.74) is 3.66. The highest BCUT2D eigenvalue weighted by molar-refractivity contribution is 5.57. The van der Waals surface area contributed by atoms with Gasteiger partial charge >= 0.3 is 0 Å². The molecule has 21 heavy (non-hydrogen) atoms. The zero-order valence-corrected chi connectivity index (χ0v) is 13.5. The van der Waals surface area contributed by atoms with Crippen LogP contribution in [0.2, 0.25) is 0 Å². The van der Waals surface area contributed by atoms with E-state index in [9.17, 15) is 0 Å². The molecule has 2 rings (SSSR count). The Morgan fingerprint density at radius 2 is 1.62 bits per heavy atom. The summed E-state index contributed by atoms with van der Waals surface area (Å²) in [6, 6.07) is 8.73. The van der Waals surface area contributed by atoms with Gasteiger partial charge in [-0.3, -0.25) is 0 Å². The van der Waals surface area contributed by atoms with Gasteiger partial charge in [-0.15, -0.1) is 0 Å². The summed E-state index contributed by atoms with van der Waals surface area (Å²) in [5, 5.41) is 6.51. The minimum atomic E-state index is 0.567. The highest BCUT2D eigenvalue weighted by Gasteiger charge is 2.07. The quantitative estimate of drug-likeness (QED) is 0.875. The van der Waals surface area contributed by atoms with Crippen LogP contribution in [-0.2, 0) is 6.54 Å². The first-order chi connectivity index (χ1) is 10.0. The Morgan fingerprint density at radius 3 is 2.19 bits per heavy atom. The van der Waals surface area contributed by atoms with Gasteiger partial charge in [-0.05, 0) is 30.9 Å². The van der Waals surface area contributed by atoms with Gasteiger partial charge in [0, 0.05) is 19.2 Å². The maximum absolute atomic E-state index is 4.48. The second-order valence-corrected chi connectivity index (χ2v) is 5.59. The average Bonchev–Trinajstić information content (AvgIpc) is 2.48. The highest BCUT2D eigenvalue weighted by Crippen LogP contribution is 2.20. The van der Waals surface area contributed by atoms with Crippen molar-refractivity contribution >= 4 is 11.6 Å². The number of hydrogen-bond acceptors (Lipinski definition) is 4. The fourth-order valence-electron chi connectivity index (χ4n) is 2.25. The van der Waals surface area contributed by atoms with E-state index < -0.39 is 0 Å². The van der Waals surface area contributed by atoms with Crippen LogP contribution >= 0.6 is 0 Å². The lowest BCUT2D eigenvalue weighted by molar-refractivity contribution is 0.865. The molecule has 1 heterocycles. The molecule has 4 nitrogen and oxygen atoms in total. The Kier molecular flexibility index (Phi) is 4.78. The molecule has 112 valence electrons. The van der Waals surface area contributed by atoms with Gasteiger partial charge in [0.05, 0.1) is 0 Å². The number of aryl methyl sites for hydroxylation is 1. The zero-order chi connectivity index (χ0) is 15.4. The van der Waals surface area contributed by atoms with Gasteiger partial charge in [0.2, 0.25) is 0 Å². The summed E-state index contributed by atoms with van der Waals surface area (Å²) in [7, 11) is 1.88. The number of nitrogens with zero attached hydrogens (tertiary/aromatic N) is 2. The average molecular weight is 284 g/mol. The number of nitrogens with one attached hydrogen (secondary N) is 2. The topological polar surface area (TPSA) is 49.8 Å². The van der Waals surface area contributed by atoms with E-state index in [1.807, 2.05) is 20.9 Å². The molecule has 0 spiro atoms. The lowest BCUT2D eigenvalue weighted by atomic mass is 10.0. The minimum Gasteiger partial charge on any atom is -0.373 e. The molecule has 0 saturated carbocycles. The van der Waals surface area contributed by atoms with Gasteiger partial charge in [0.15, 0.2) is 0 Å². The molecular formula is C17H24N4. The third-order valence-electron chi connectivity index (χ3n) is 3.60. The minimum absolute atomic E-state index is 0.567. The van der Waals surface area contributed by atoms with Crippen LogP contribution in [0.4, 0.5) is 11.6 Å². The van der Waals surface area contributed by atoms with Gasteiger partial charge in [-0.1, -0.05) is 38.1 Å². The van der Waals surface area contributed by atoms with E-state index in [1.165, 1.54) is 11.1 Å². The molecule has 0 unspecified atom stereocenters. The maximum atomic E-state index is 4.48. The first-order valence-corrected chi connectivity index (χ1v) is 7.37. The van der Waals surface area contributed by atoms with E-state index in [1.54, 1.807) is 0 Å². The van der Waals surface area contributed by atoms with Gasteiger partial charge in [-0.2, -0.15) is 0 Å². The lowest BCUT2D eigenvalue weighted by Gasteiger charge is -2.13. The van der Waals surface area contributed by atoms with Crippen molar-refractivity contribution in [2.75, 3.05) is 17.7 Å². The second-order valence-electron chi connectivity index (χ2n) is 5.59. The van der Waals surface area contributed by atoms with Crippen molar-refractivity contribution in [3.05, 3.63) is 46.8 Å². The molecular weight excluding hydrogens is 260 g/mol. The van der Waals surface area contributed by atoms with E-state index in [4.69, 9.17) is 0 Å². The molecule has 1 aromatic carbocycles. The molecule has 0 radical (unpaired) electrons. The smallest absolute Gasteiger partial charge is 0.135 e. The summed E-state index contributed by atoms with van der Waals surface area (Å²) >= 11 is 0. The predicted molar refractivity (Wildman–Crippen MR) is 88.9 cm³/mol. The first-order valence-electron chi connectivity index (χ1n) is 7.37. The Balaban J connectivity index is 2.11. The third kappa shape index (κ3) is 3.72. The van der Waals surface area contributed by atoms with Crippen LogP contribution in [0.25, 0.3) is 0 Å². The fourth-order valence-corrected chi connectivity index (χ4v) is 2.25. The molecule has 0 aliphatic carbocycles. The zero-order valence-electron chi connectivity index (χ0n) is 13.5. The number of anilines is 2. The summed E-state index contributed by atoms with van der Waals surface area (Å²) in [6.07, 6.45) is 0. The Bertz CT molecular complexity index is 603. The summed E-state index contributed by atoms with van der Waals surface area (Å²) in [5.74, 6) is 3.10. The van der Waals surface area contributed by atoms with E-state index >= 15 is 0 Å². The van der Waals surface area contributed by atoms with Crippen molar-refractivity contribution in [2.45, 2.75) is 40.2 Å². The number of benzene rings is 1. The molecule has 0 bridgehead atoms. The molecule has 0 aliphatic rings. The Hall–Kier alpha value is -2.10. The van der Waals surface area contributed by atoms with Crippen LogP contribution in [0, 0.1) is 13.8 Å². The number of aromatic nitrogens is 2.